The maximum absolute atomic E-state index is 12.0. The van der Waals surface area contributed by atoms with E-state index < -0.39 is 0 Å². The first-order valence-corrected chi connectivity index (χ1v) is 9.22. The number of aromatic hydroxyl groups is 1. The highest BCUT2D eigenvalue weighted by Crippen LogP contribution is 2.31. The zero-order valence-corrected chi connectivity index (χ0v) is 14.7. The Morgan fingerprint density at radius 3 is 2.54 bits per heavy atom. The van der Waals surface area contributed by atoms with Gasteiger partial charge in [0.25, 0.3) is 0 Å². The fourth-order valence-electron chi connectivity index (χ4n) is 2.17. The van der Waals surface area contributed by atoms with Gasteiger partial charge in [0.15, 0.2) is 5.13 Å². The maximum Gasteiger partial charge on any atom is 0.230 e. The minimum atomic E-state index is -0.0618. The lowest BCUT2D eigenvalue weighted by Gasteiger charge is -2.17. The van der Waals surface area contributed by atoms with Crippen molar-refractivity contribution >= 4 is 39.8 Å². The van der Waals surface area contributed by atoms with Crippen LogP contribution in [0.1, 0.15) is 12.6 Å². The number of benzene rings is 2. The molecule has 3 aromatic rings. The van der Waals surface area contributed by atoms with Crippen molar-refractivity contribution in [3.05, 3.63) is 65.7 Å². The quantitative estimate of drug-likeness (QED) is 0.666. The van der Waals surface area contributed by atoms with Gasteiger partial charge in [-0.2, -0.15) is 0 Å². The zero-order valence-electron chi connectivity index (χ0n) is 13.0. The predicted molar refractivity (Wildman–Crippen MR) is 99.0 cm³/mol. The van der Waals surface area contributed by atoms with Gasteiger partial charge in [-0.25, -0.2) is 4.98 Å². The summed E-state index contributed by atoms with van der Waals surface area (Å²) in [6, 6.07) is 16.6. The first kappa shape index (κ1) is 16.5. The van der Waals surface area contributed by atoms with Crippen molar-refractivity contribution in [3.63, 3.8) is 0 Å². The molecule has 0 saturated carbocycles. The average Bonchev–Trinajstić information content (AvgIpc) is 3.03. The number of aromatic nitrogens is 1. The third-order valence-electron chi connectivity index (χ3n) is 3.28. The summed E-state index contributed by atoms with van der Waals surface area (Å²) in [4.78, 5) is 19.3. The van der Waals surface area contributed by atoms with Crippen LogP contribution in [-0.4, -0.2) is 16.0 Å². The molecular formula is C18H16N2O2S2. The normalized spacial score (nSPS) is 10.5. The molecule has 0 aliphatic carbocycles. The number of rotatable bonds is 5. The second-order valence-electron chi connectivity index (χ2n) is 5.09. The number of thioether (sulfide) groups is 1. The van der Waals surface area contributed by atoms with Gasteiger partial charge < -0.3 is 5.11 Å². The molecule has 4 nitrogen and oxygen atoms in total. The Kier molecular flexibility index (Phi) is 5.17. The summed E-state index contributed by atoms with van der Waals surface area (Å²) < 4.78 is 0. The summed E-state index contributed by atoms with van der Waals surface area (Å²) in [6.45, 7) is 1.54. The lowest BCUT2D eigenvalue weighted by atomic mass is 10.3. The van der Waals surface area contributed by atoms with Gasteiger partial charge in [-0.1, -0.05) is 18.2 Å². The van der Waals surface area contributed by atoms with Crippen LogP contribution in [0.15, 0.2) is 64.9 Å². The topological polar surface area (TPSA) is 53.4 Å². The molecule has 1 amide bonds. The van der Waals surface area contributed by atoms with Crippen LogP contribution in [0, 0.1) is 0 Å². The number of thiazole rings is 1. The van der Waals surface area contributed by atoms with Gasteiger partial charge in [0.05, 0.1) is 11.4 Å². The van der Waals surface area contributed by atoms with Crippen LogP contribution in [0.5, 0.6) is 5.75 Å². The van der Waals surface area contributed by atoms with E-state index in [0.29, 0.717) is 10.9 Å². The molecule has 3 rings (SSSR count). The standard InChI is InChI=1S/C18H16N2O2S2/c1-13(21)20(15-5-3-2-4-6-15)18-19-14(12-24-18)11-23-17-9-7-16(22)8-10-17/h2-10,12,22H,11H2,1H3. The Morgan fingerprint density at radius 2 is 1.88 bits per heavy atom. The summed E-state index contributed by atoms with van der Waals surface area (Å²) in [5.41, 5.74) is 1.74. The van der Waals surface area contributed by atoms with Gasteiger partial charge in [0, 0.05) is 23.0 Å². The molecule has 0 radical (unpaired) electrons. The largest absolute Gasteiger partial charge is 0.508 e. The summed E-state index contributed by atoms with van der Waals surface area (Å²) >= 11 is 3.10. The van der Waals surface area contributed by atoms with Crippen molar-refractivity contribution in [2.75, 3.05) is 4.90 Å². The minimum absolute atomic E-state index is 0.0618. The van der Waals surface area contributed by atoms with Gasteiger partial charge >= 0.3 is 0 Å². The summed E-state index contributed by atoms with van der Waals surface area (Å²) in [6.07, 6.45) is 0. The molecule has 0 unspecified atom stereocenters. The molecule has 0 aliphatic rings. The zero-order chi connectivity index (χ0) is 16.9. The van der Waals surface area contributed by atoms with E-state index in [1.165, 1.54) is 11.3 Å². The van der Waals surface area contributed by atoms with Crippen molar-refractivity contribution in [3.8, 4) is 5.75 Å². The van der Waals surface area contributed by atoms with Crippen LogP contribution in [-0.2, 0) is 10.5 Å². The molecule has 0 atom stereocenters. The highest BCUT2D eigenvalue weighted by molar-refractivity contribution is 7.98. The molecule has 1 aromatic heterocycles. The molecule has 0 bridgehead atoms. The number of carbonyl (C=O) groups is 1. The van der Waals surface area contributed by atoms with Crippen LogP contribution >= 0.6 is 23.1 Å². The number of nitrogens with zero attached hydrogens (tertiary/aromatic N) is 2. The highest BCUT2D eigenvalue weighted by Gasteiger charge is 2.17. The molecule has 2 aromatic carbocycles. The van der Waals surface area contributed by atoms with E-state index in [2.05, 4.69) is 4.98 Å². The molecule has 0 spiro atoms. The third kappa shape index (κ3) is 3.96. The van der Waals surface area contributed by atoms with Gasteiger partial charge in [-0.15, -0.1) is 23.1 Å². The lowest BCUT2D eigenvalue weighted by Crippen LogP contribution is -2.22. The van der Waals surface area contributed by atoms with Crippen LogP contribution in [0.25, 0.3) is 0 Å². The van der Waals surface area contributed by atoms with Gasteiger partial charge in [0.1, 0.15) is 5.75 Å². The van der Waals surface area contributed by atoms with Gasteiger partial charge in [-0.3, -0.25) is 9.69 Å². The van der Waals surface area contributed by atoms with Gasteiger partial charge in [-0.05, 0) is 36.4 Å². The van der Waals surface area contributed by atoms with E-state index >= 15 is 0 Å². The summed E-state index contributed by atoms with van der Waals surface area (Å²) in [7, 11) is 0. The Morgan fingerprint density at radius 1 is 1.17 bits per heavy atom. The van der Waals surface area contributed by atoms with E-state index in [1.54, 1.807) is 35.7 Å². The first-order chi connectivity index (χ1) is 11.6. The molecule has 6 heteroatoms. The number of anilines is 2. The van der Waals surface area contributed by atoms with Crippen LogP contribution in [0.4, 0.5) is 10.8 Å². The van der Waals surface area contributed by atoms with Crippen molar-refractivity contribution in [2.24, 2.45) is 0 Å². The molecule has 0 saturated heterocycles. The Bertz CT molecular complexity index is 817. The minimum Gasteiger partial charge on any atom is -0.508 e. The molecule has 0 aliphatic heterocycles. The molecule has 1 N–H and O–H groups in total. The van der Waals surface area contributed by atoms with Crippen LogP contribution in [0.3, 0.4) is 0 Å². The monoisotopic (exact) mass is 356 g/mol. The highest BCUT2D eigenvalue weighted by atomic mass is 32.2. The summed E-state index contributed by atoms with van der Waals surface area (Å²) in [5.74, 6) is 0.908. The Balaban J connectivity index is 1.74. The van der Waals surface area contributed by atoms with E-state index in [-0.39, 0.29) is 11.7 Å². The van der Waals surface area contributed by atoms with E-state index in [0.717, 1.165) is 16.3 Å². The van der Waals surface area contributed by atoms with E-state index in [4.69, 9.17) is 0 Å². The fourth-order valence-corrected chi connectivity index (χ4v) is 3.95. The van der Waals surface area contributed by atoms with E-state index in [1.807, 2.05) is 47.8 Å². The average molecular weight is 356 g/mol. The Labute approximate surface area is 148 Å². The molecule has 122 valence electrons. The number of hydrogen-bond acceptors (Lipinski definition) is 5. The third-order valence-corrected chi connectivity index (χ3v) is 5.20. The second-order valence-corrected chi connectivity index (χ2v) is 6.98. The summed E-state index contributed by atoms with van der Waals surface area (Å²) in [5, 5.41) is 12.0. The smallest absolute Gasteiger partial charge is 0.230 e. The maximum atomic E-state index is 12.0. The van der Waals surface area contributed by atoms with E-state index in [9.17, 15) is 9.90 Å². The number of amides is 1. The predicted octanol–water partition coefficient (Wildman–Crippen LogP) is 4.83. The number of hydrogen-bond donors (Lipinski definition) is 1. The second kappa shape index (κ2) is 7.51. The van der Waals surface area contributed by atoms with Crippen molar-refractivity contribution in [1.82, 2.24) is 4.98 Å². The lowest BCUT2D eigenvalue weighted by molar-refractivity contribution is -0.115. The molecular weight excluding hydrogens is 340 g/mol. The molecule has 24 heavy (non-hydrogen) atoms. The molecule has 0 fully saturated rings. The van der Waals surface area contributed by atoms with Crippen LogP contribution in [0.2, 0.25) is 0 Å². The first-order valence-electron chi connectivity index (χ1n) is 7.35. The molecule has 1 heterocycles. The SMILES string of the molecule is CC(=O)N(c1ccccc1)c1nc(CSc2ccc(O)cc2)cs1. The number of phenols is 1. The number of para-hydroxylation sites is 1. The van der Waals surface area contributed by atoms with Crippen molar-refractivity contribution in [1.29, 1.82) is 0 Å². The Hall–Kier alpha value is -2.31. The van der Waals surface area contributed by atoms with Crippen molar-refractivity contribution in [2.45, 2.75) is 17.6 Å². The van der Waals surface area contributed by atoms with Gasteiger partial charge in [0.2, 0.25) is 5.91 Å². The number of phenolic OH excluding ortho intramolecular Hbond substituents is 1. The number of carbonyl (C=O) groups excluding carboxylic acids is 1. The van der Waals surface area contributed by atoms with Crippen LogP contribution < -0.4 is 4.90 Å². The fraction of sp³-hybridized carbons (Fsp3) is 0.111. The van der Waals surface area contributed by atoms with Crippen molar-refractivity contribution < 1.29 is 9.90 Å².